The summed E-state index contributed by atoms with van der Waals surface area (Å²) in [6, 6.07) is 2.18. The first-order chi connectivity index (χ1) is 12.2. The minimum absolute atomic E-state index is 0.172. The molecule has 0 aliphatic carbocycles. The zero-order chi connectivity index (χ0) is 18.9. The SMILES string of the molecule is O=c1c(=O)c(=O)c2c(ccc3nc4c(=O)c(=O)c(=O)c(=O)c4nc32)c1=O. The molecule has 1 heterocycles. The van der Waals surface area contributed by atoms with Gasteiger partial charge >= 0.3 is 0 Å². The Balaban J connectivity index is 2.48. The van der Waals surface area contributed by atoms with Crippen LogP contribution in [0.1, 0.15) is 0 Å². The largest absolute Gasteiger partial charge is 0.285 e. The highest BCUT2D eigenvalue weighted by atomic mass is 16.2. The smallest absolute Gasteiger partial charge is 0.279 e. The number of hydrogen-bond donors (Lipinski definition) is 0. The molecule has 0 amide bonds. The van der Waals surface area contributed by atoms with E-state index in [0.717, 1.165) is 12.1 Å². The molecule has 0 fully saturated rings. The van der Waals surface area contributed by atoms with Gasteiger partial charge in [0.2, 0.25) is 10.9 Å². The summed E-state index contributed by atoms with van der Waals surface area (Å²) < 4.78 is 0. The minimum atomic E-state index is -1.60. The van der Waals surface area contributed by atoms with Crippen molar-refractivity contribution in [3.05, 3.63) is 93.9 Å². The summed E-state index contributed by atoms with van der Waals surface area (Å²) in [7, 11) is 0. The molecule has 0 radical (unpaired) electrons. The van der Waals surface area contributed by atoms with Crippen LogP contribution in [0.2, 0.25) is 0 Å². The fraction of sp³-hybridized carbons (Fsp3) is 0. The number of fused-ring (bicyclic) bond motifs is 4. The van der Waals surface area contributed by atoms with E-state index in [1.54, 1.807) is 0 Å². The summed E-state index contributed by atoms with van der Waals surface area (Å²) in [5, 5.41) is -0.949. The van der Waals surface area contributed by atoms with Gasteiger partial charge in [-0.1, -0.05) is 0 Å². The summed E-state index contributed by atoms with van der Waals surface area (Å²) in [4.78, 5) is 102. The van der Waals surface area contributed by atoms with E-state index in [1.807, 2.05) is 0 Å². The highest BCUT2D eigenvalue weighted by Gasteiger charge is 2.20. The Bertz CT molecular complexity index is 1710. The van der Waals surface area contributed by atoms with Gasteiger partial charge in [0.15, 0.2) is 0 Å². The molecule has 10 nitrogen and oxygen atoms in total. The maximum Gasteiger partial charge on any atom is 0.279 e. The van der Waals surface area contributed by atoms with E-state index < -0.39 is 70.8 Å². The first kappa shape index (κ1) is 15.4. The first-order valence-corrected chi connectivity index (χ1v) is 6.94. The molecule has 1 aromatic heterocycles. The van der Waals surface area contributed by atoms with Crippen molar-refractivity contribution >= 4 is 32.8 Å². The van der Waals surface area contributed by atoms with Crippen molar-refractivity contribution in [2.75, 3.05) is 0 Å². The molecular weight excluding hydrogens is 348 g/mol. The molecule has 3 aromatic carbocycles. The van der Waals surface area contributed by atoms with E-state index in [9.17, 15) is 38.4 Å². The highest BCUT2D eigenvalue weighted by Crippen LogP contribution is 2.17. The van der Waals surface area contributed by atoms with Crippen molar-refractivity contribution < 1.29 is 0 Å². The molecule has 0 unspecified atom stereocenters. The Labute approximate surface area is 137 Å². The Morgan fingerprint density at radius 3 is 1.58 bits per heavy atom. The van der Waals surface area contributed by atoms with E-state index in [-0.39, 0.29) is 5.52 Å². The maximum absolute atomic E-state index is 12.2. The molecule has 10 heteroatoms. The second kappa shape index (κ2) is 4.72. The molecule has 124 valence electrons. The Morgan fingerprint density at radius 2 is 0.962 bits per heavy atom. The quantitative estimate of drug-likeness (QED) is 0.177. The fourth-order valence-electron chi connectivity index (χ4n) is 2.72. The third-order valence-electron chi connectivity index (χ3n) is 3.98. The van der Waals surface area contributed by atoms with Crippen molar-refractivity contribution in [2.45, 2.75) is 0 Å². The van der Waals surface area contributed by atoms with Crippen LogP contribution >= 0.6 is 0 Å². The molecule has 0 aliphatic heterocycles. The Morgan fingerprint density at radius 1 is 0.462 bits per heavy atom. The lowest BCUT2D eigenvalue weighted by molar-refractivity contribution is 1.30. The Hall–Kier alpha value is -4.08. The summed E-state index contributed by atoms with van der Waals surface area (Å²) in [5.41, 5.74) is -13.5. The number of aromatic nitrogens is 2. The van der Waals surface area contributed by atoms with Gasteiger partial charge in [-0.05, 0) is 12.1 Å². The molecule has 0 N–H and O–H groups in total. The summed E-state index contributed by atoms with van der Waals surface area (Å²) in [5.74, 6) is 0. The Kier molecular flexibility index (Phi) is 2.81. The van der Waals surface area contributed by atoms with Gasteiger partial charge in [-0.2, -0.15) is 0 Å². The van der Waals surface area contributed by atoms with Gasteiger partial charge in [0.05, 0.1) is 10.9 Å². The maximum atomic E-state index is 12.2. The van der Waals surface area contributed by atoms with Crippen molar-refractivity contribution in [3.63, 3.8) is 0 Å². The van der Waals surface area contributed by atoms with Crippen LogP contribution in [0.5, 0.6) is 0 Å². The summed E-state index contributed by atoms with van der Waals surface area (Å²) >= 11 is 0. The van der Waals surface area contributed by atoms with E-state index in [0.29, 0.717) is 0 Å². The van der Waals surface area contributed by atoms with Crippen LogP contribution in [0.3, 0.4) is 0 Å². The average molecular weight is 350 g/mol. The molecule has 0 bridgehead atoms. The second-order valence-electron chi connectivity index (χ2n) is 5.41. The van der Waals surface area contributed by atoms with E-state index in [4.69, 9.17) is 0 Å². The van der Waals surface area contributed by atoms with Gasteiger partial charge in [0.1, 0.15) is 16.6 Å². The van der Waals surface area contributed by atoms with E-state index in [1.165, 1.54) is 0 Å². The van der Waals surface area contributed by atoms with Crippen LogP contribution in [0.25, 0.3) is 32.8 Å². The van der Waals surface area contributed by atoms with E-state index in [2.05, 4.69) is 9.97 Å². The number of nitrogens with zero attached hydrogens (tertiary/aromatic N) is 2. The van der Waals surface area contributed by atoms with Gasteiger partial charge in [0.25, 0.3) is 32.6 Å². The third kappa shape index (κ3) is 1.69. The predicted octanol–water partition coefficient (Wildman–Crippen LogP) is -3.43. The monoisotopic (exact) mass is 350 g/mol. The predicted molar refractivity (Wildman–Crippen MR) is 89.5 cm³/mol. The minimum Gasteiger partial charge on any atom is -0.285 e. The molecule has 0 saturated carbocycles. The lowest BCUT2D eigenvalue weighted by Gasteiger charge is -2.01. The third-order valence-corrected chi connectivity index (χ3v) is 3.98. The average Bonchev–Trinajstić information content (AvgIpc) is 2.65. The summed E-state index contributed by atoms with van der Waals surface area (Å²) in [6.45, 7) is 0. The molecule has 0 aliphatic rings. The van der Waals surface area contributed by atoms with Crippen LogP contribution in [0, 0.1) is 0 Å². The van der Waals surface area contributed by atoms with Gasteiger partial charge in [-0.15, -0.1) is 0 Å². The molecule has 4 rings (SSSR count). The second-order valence-corrected chi connectivity index (χ2v) is 5.41. The standard InChI is InChI=1S/C16H2N2O8/c19-9-3-1-2-4-6(5(3)10(20)14(24)13(9)23)18-8-7(17-4)11(21)15(25)16(26)12(8)22/h1-2H. The number of benzene rings is 3. The van der Waals surface area contributed by atoms with Crippen LogP contribution in [0.15, 0.2) is 50.5 Å². The van der Waals surface area contributed by atoms with Crippen LogP contribution in [0.4, 0.5) is 0 Å². The molecule has 4 aromatic rings. The van der Waals surface area contributed by atoms with Gasteiger partial charge in [0, 0.05) is 5.39 Å². The highest BCUT2D eigenvalue weighted by molar-refractivity contribution is 6.05. The molecule has 26 heavy (non-hydrogen) atoms. The number of rotatable bonds is 0. The zero-order valence-corrected chi connectivity index (χ0v) is 12.3. The molecule has 0 saturated heterocycles. The lowest BCUT2D eigenvalue weighted by atomic mass is 10.1. The van der Waals surface area contributed by atoms with Crippen molar-refractivity contribution in [1.29, 1.82) is 0 Å². The normalized spacial score (nSPS) is 11.5. The van der Waals surface area contributed by atoms with Crippen molar-refractivity contribution in [1.82, 2.24) is 9.97 Å². The topological polar surface area (TPSA) is 162 Å². The number of hydrogen-bond acceptors (Lipinski definition) is 10. The lowest BCUT2D eigenvalue weighted by Crippen LogP contribution is -2.47. The first-order valence-electron chi connectivity index (χ1n) is 6.94. The fourth-order valence-corrected chi connectivity index (χ4v) is 2.72. The van der Waals surface area contributed by atoms with Crippen molar-refractivity contribution in [3.8, 4) is 0 Å². The van der Waals surface area contributed by atoms with Gasteiger partial charge < -0.3 is 0 Å². The van der Waals surface area contributed by atoms with Crippen LogP contribution < -0.4 is 43.4 Å². The van der Waals surface area contributed by atoms with Gasteiger partial charge in [-0.25, -0.2) is 9.97 Å². The van der Waals surface area contributed by atoms with E-state index >= 15 is 0 Å². The van der Waals surface area contributed by atoms with Crippen molar-refractivity contribution in [2.24, 2.45) is 0 Å². The van der Waals surface area contributed by atoms with Crippen LogP contribution in [-0.2, 0) is 0 Å². The zero-order valence-electron chi connectivity index (χ0n) is 12.3. The summed E-state index contributed by atoms with van der Waals surface area (Å²) in [6.07, 6.45) is 0. The molecular formula is C16H2N2O8. The van der Waals surface area contributed by atoms with Crippen LogP contribution in [-0.4, -0.2) is 9.97 Å². The van der Waals surface area contributed by atoms with Gasteiger partial charge in [-0.3, -0.25) is 38.4 Å². The molecule has 0 spiro atoms. The molecule has 0 atom stereocenters.